The highest BCUT2D eigenvalue weighted by Crippen LogP contribution is 2.31. The van der Waals surface area contributed by atoms with Crippen LogP contribution in [0.3, 0.4) is 0 Å². The van der Waals surface area contributed by atoms with Crippen LogP contribution in [-0.2, 0) is 0 Å². The topological polar surface area (TPSA) is 68.3 Å². The molecule has 0 aliphatic rings. The number of carbonyl (C=O) groups is 1. The van der Waals surface area contributed by atoms with E-state index < -0.39 is 5.97 Å². The van der Waals surface area contributed by atoms with Gasteiger partial charge >= 0.3 is 5.97 Å². The zero-order chi connectivity index (χ0) is 15.9. The third kappa shape index (κ3) is 2.55. The smallest absolute Gasteiger partial charge is 0.356 e. The molecule has 0 bridgehead atoms. The van der Waals surface area contributed by atoms with Crippen LogP contribution in [0, 0.1) is 6.92 Å². The quantitative estimate of drug-likeness (QED) is 0.722. The molecule has 3 aromatic rings. The Labute approximate surface area is 139 Å². The van der Waals surface area contributed by atoms with E-state index in [9.17, 15) is 9.90 Å². The van der Waals surface area contributed by atoms with Crippen molar-refractivity contribution in [1.82, 2.24) is 9.78 Å². The van der Waals surface area contributed by atoms with E-state index in [1.807, 2.05) is 0 Å². The lowest BCUT2D eigenvalue weighted by molar-refractivity contribution is 0.0689. The highest BCUT2D eigenvalue weighted by Gasteiger charge is 2.23. The van der Waals surface area contributed by atoms with Gasteiger partial charge in [0.15, 0.2) is 16.1 Å². The molecule has 0 aliphatic heterocycles. The molecule has 1 aromatic carbocycles. The van der Waals surface area contributed by atoms with Crippen molar-refractivity contribution in [1.29, 1.82) is 0 Å². The molecule has 0 unspecified atom stereocenters. The Morgan fingerprint density at radius 2 is 1.95 bits per heavy atom. The summed E-state index contributed by atoms with van der Waals surface area (Å²) in [6.07, 6.45) is 0. The minimum Gasteiger partial charge on any atom is -0.476 e. The number of rotatable bonds is 3. The molecule has 22 heavy (non-hydrogen) atoms. The molecule has 0 aliphatic carbocycles. The maximum absolute atomic E-state index is 11.4. The lowest BCUT2D eigenvalue weighted by Crippen LogP contribution is -2.02. The first-order chi connectivity index (χ1) is 10.5. The zero-order valence-corrected chi connectivity index (χ0v) is 13.7. The number of halogens is 2. The summed E-state index contributed by atoms with van der Waals surface area (Å²) in [5, 5.41) is 14.1. The first kappa shape index (κ1) is 14.9. The molecule has 2 aromatic heterocycles. The van der Waals surface area contributed by atoms with Gasteiger partial charge in [-0.25, -0.2) is 9.48 Å². The van der Waals surface area contributed by atoms with Gasteiger partial charge in [0, 0.05) is 10.6 Å². The molecule has 5 nitrogen and oxygen atoms in total. The van der Waals surface area contributed by atoms with E-state index in [-0.39, 0.29) is 5.69 Å². The molecule has 0 radical (unpaired) electrons. The maximum atomic E-state index is 11.4. The Balaban J connectivity index is 2.26. The highest BCUT2D eigenvalue weighted by molar-refractivity contribution is 9.10. The van der Waals surface area contributed by atoms with Crippen LogP contribution in [0.25, 0.3) is 17.1 Å². The second-order valence-corrected chi connectivity index (χ2v) is 5.84. The van der Waals surface area contributed by atoms with Gasteiger partial charge in [-0.15, -0.1) is 0 Å². The molecule has 7 heteroatoms. The van der Waals surface area contributed by atoms with Crippen LogP contribution < -0.4 is 0 Å². The average molecular weight is 382 g/mol. The number of carboxylic acids is 1. The Morgan fingerprint density at radius 1 is 1.27 bits per heavy atom. The minimum absolute atomic E-state index is 0.0162. The van der Waals surface area contributed by atoms with Gasteiger partial charge in [0.25, 0.3) is 0 Å². The third-order valence-electron chi connectivity index (χ3n) is 3.20. The second-order valence-electron chi connectivity index (χ2n) is 4.62. The van der Waals surface area contributed by atoms with Crippen LogP contribution in [0.15, 0.2) is 45.5 Å². The number of furan rings is 1. The summed E-state index contributed by atoms with van der Waals surface area (Å²) in [6.45, 7) is 1.70. The van der Waals surface area contributed by atoms with Crippen molar-refractivity contribution in [2.45, 2.75) is 6.92 Å². The zero-order valence-electron chi connectivity index (χ0n) is 11.4. The number of carboxylic acid groups (broad SMARTS) is 1. The first-order valence-corrected chi connectivity index (χ1v) is 7.49. The number of aromatic carboxylic acids is 1. The molecule has 0 spiro atoms. The van der Waals surface area contributed by atoms with Crippen molar-refractivity contribution in [3.63, 3.8) is 0 Å². The number of benzene rings is 1. The Kier molecular flexibility index (Phi) is 3.80. The standard InChI is InChI=1S/C15H10BrClN2O3/c1-8-13(15(20)21)18-19(10-4-2-9(17)3-5-10)14(8)11-6-7-12(16)22-11/h2-7H,1H3,(H,20,21). The van der Waals surface area contributed by atoms with Crippen molar-refractivity contribution < 1.29 is 14.3 Å². The normalized spacial score (nSPS) is 10.9. The van der Waals surface area contributed by atoms with Gasteiger partial charge in [-0.05, 0) is 59.3 Å². The van der Waals surface area contributed by atoms with Gasteiger partial charge in [-0.2, -0.15) is 5.10 Å². The molecular weight excluding hydrogens is 372 g/mol. The van der Waals surface area contributed by atoms with Crippen molar-refractivity contribution in [2.75, 3.05) is 0 Å². The van der Waals surface area contributed by atoms with E-state index in [0.717, 1.165) is 0 Å². The molecule has 0 saturated heterocycles. The monoisotopic (exact) mass is 380 g/mol. The van der Waals surface area contributed by atoms with Crippen molar-refractivity contribution in [2.24, 2.45) is 0 Å². The van der Waals surface area contributed by atoms with Gasteiger partial charge in [0.1, 0.15) is 5.69 Å². The second kappa shape index (κ2) is 5.62. The molecule has 0 saturated carbocycles. The van der Waals surface area contributed by atoms with Gasteiger partial charge in [0.05, 0.1) is 5.69 Å². The van der Waals surface area contributed by atoms with E-state index in [4.69, 9.17) is 16.0 Å². The molecule has 0 amide bonds. The predicted molar refractivity (Wildman–Crippen MR) is 85.7 cm³/mol. The Bertz CT molecular complexity index is 852. The third-order valence-corrected chi connectivity index (χ3v) is 3.88. The van der Waals surface area contributed by atoms with Crippen LogP contribution in [-0.4, -0.2) is 20.9 Å². The average Bonchev–Trinajstić information content (AvgIpc) is 3.03. The van der Waals surface area contributed by atoms with Gasteiger partial charge < -0.3 is 9.52 Å². The summed E-state index contributed by atoms with van der Waals surface area (Å²) in [4.78, 5) is 11.4. The van der Waals surface area contributed by atoms with Gasteiger partial charge in [-0.3, -0.25) is 0 Å². The van der Waals surface area contributed by atoms with E-state index in [2.05, 4.69) is 21.0 Å². The SMILES string of the molecule is Cc1c(C(=O)O)nn(-c2ccc(Cl)cc2)c1-c1ccc(Br)o1. The van der Waals surface area contributed by atoms with Gasteiger partial charge in [-0.1, -0.05) is 11.6 Å². The highest BCUT2D eigenvalue weighted by atomic mass is 79.9. The predicted octanol–water partition coefficient (Wildman–Crippen LogP) is 4.55. The fourth-order valence-electron chi connectivity index (χ4n) is 2.20. The molecule has 1 N–H and O–H groups in total. The van der Waals surface area contributed by atoms with Crippen molar-refractivity contribution >= 4 is 33.5 Å². The summed E-state index contributed by atoms with van der Waals surface area (Å²) in [7, 11) is 0. The lowest BCUT2D eigenvalue weighted by atomic mass is 10.1. The summed E-state index contributed by atoms with van der Waals surface area (Å²) in [5.41, 5.74) is 1.80. The van der Waals surface area contributed by atoms with Crippen LogP contribution in [0.4, 0.5) is 0 Å². The largest absolute Gasteiger partial charge is 0.476 e. The van der Waals surface area contributed by atoms with Crippen LogP contribution in [0.1, 0.15) is 16.1 Å². The molecular formula is C15H10BrClN2O3. The minimum atomic E-state index is -1.09. The molecule has 112 valence electrons. The van der Waals surface area contributed by atoms with Crippen molar-refractivity contribution in [3.05, 3.63) is 57.3 Å². The first-order valence-electron chi connectivity index (χ1n) is 6.32. The number of aromatic nitrogens is 2. The summed E-state index contributed by atoms with van der Waals surface area (Å²) >= 11 is 9.15. The van der Waals surface area contributed by atoms with Gasteiger partial charge in [0.2, 0.25) is 0 Å². The maximum Gasteiger partial charge on any atom is 0.356 e. The molecule has 0 atom stereocenters. The molecule has 2 heterocycles. The van der Waals surface area contributed by atoms with Crippen LogP contribution in [0.5, 0.6) is 0 Å². The van der Waals surface area contributed by atoms with E-state index >= 15 is 0 Å². The summed E-state index contributed by atoms with van der Waals surface area (Å²) in [5.74, 6) is -0.559. The fourth-order valence-corrected chi connectivity index (χ4v) is 2.63. The summed E-state index contributed by atoms with van der Waals surface area (Å²) in [6, 6.07) is 10.5. The summed E-state index contributed by atoms with van der Waals surface area (Å²) < 4.78 is 7.67. The number of nitrogens with zero attached hydrogens (tertiary/aromatic N) is 2. The van der Waals surface area contributed by atoms with E-state index in [1.54, 1.807) is 48.0 Å². The van der Waals surface area contributed by atoms with Crippen LogP contribution >= 0.6 is 27.5 Å². The fraction of sp³-hybridized carbons (Fsp3) is 0.0667. The number of hydrogen-bond acceptors (Lipinski definition) is 3. The molecule has 3 rings (SSSR count). The van der Waals surface area contributed by atoms with Crippen LogP contribution in [0.2, 0.25) is 5.02 Å². The number of hydrogen-bond donors (Lipinski definition) is 1. The Hall–Kier alpha value is -2.05. The van der Waals surface area contributed by atoms with E-state index in [0.29, 0.717) is 32.4 Å². The molecule has 0 fully saturated rings. The Morgan fingerprint density at radius 3 is 2.50 bits per heavy atom. The van der Waals surface area contributed by atoms with Crippen molar-refractivity contribution in [3.8, 4) is 17.1 Å². The lowest BCUT2D eigenvalue weighted by Gasteiger charge is -2.06. The van der Waals surface area contributed by atoms with E-state index in [1.165, 1.54) is 0 Å².